The highest BCUT2D eigenvalue weighted by molar-refractivity contribution is 7.74. The van der Waals surface area contributed by atoms with Crippen molar-refractivity contribution < 1.29 is 12.8 Å². The minimum absolute atomic E-state index is 0.0509. The van der Waals surface area contributed by atoms with E-state index in [1.165, 1.54) is 12.1 Å². The Morgan fingerprint density at radius 3 is 2.41 bits per heavy atom. The fraction of sp³-hybridized carbons (Fsp3) is 0.438. The lowest BCUT2D eigenvalue weighted by Gasteiger charge is -2.32. The van der Waals surface area contributed by atoms with Crippen LogP contribution in [0.5, 0.6) is 0 Å². The second-order valence-corrected chi connectivity index (χ2v) is 13.7. The average molecular weight is 620 g/mol. The van der Waals surface area contributed by atoms with Crippen LogP contribution in [0.1, 0.15) is 63.5 Å². The summed E-state index contributed by atoms with van der Waals surface area (Å²) in [7, 11) is 1.32. The van der Waals surface area contributed by atoms with Gasteiger partial charge in [0.1, 0.15) is 21.9 Å². The molecule has 2 aromatic heterocycles. The van der Waals surface area contributed by atoms with Gasteiger partial charge >= 0.3 is 0 Å². The van der Waals surface area contributed by atoms with E-state index in [1.807, 2.05) is 44.2 Å². The van der Waals surface area contributed by atoms with Crippen LogP contribution in [0.2, 0.25) is 0 Å². The fourth-order valence-corrected chi connectivity index (χ4v) is 7.32. The Hall–Kier alpha value is -3.90. The van der Waals surface area contributed by atoms with Crippen LogP contribution in [0.25, 0.3) is 22.4 Å². The second kappa shape index (κ2) is 11.9. The lowest BCUT2D eigenvalue weighted by Crippen LogP contribution is -2.36. The molecule has 0 aliphatic heterocycles. The maximum Gasteiger partial charge on any atom is 0.278 e. The molecule has 0 bridgehead atoms. The van der Waals surface area contributed by atoms with Crippen LogP contribution in [-0.4, -0.2) is 63.9 Å². The summed E-state index contributed by atoms with van der Waals surface area (Å²) in [5.74, 6) is -0.499. The third-order valence-electron chi connectivity index (χ3n) is 8.96. The number of anilines is 2. The van der Waals surface area contributed by atoms with E-state index >= 15 is 4.39 Å². The first-order valence-electron chi connectivity index (χ1n) is 15.1. The van der Waals surface area contributed by atoms with Gasteiger partial charge in [0.2, 0.25) is 5.95 Å². The Balaban J connectivity index is 1.28. The molecule has 2 aliphatic rings. The van der Waals surface area contributed by atoms with Crippen molar-refractivity contribution in [3.8, 4) is 11.3 Å². The molecule has 0 saturated heterocycles. The van der Waals surface area contributed by atoms with Crippen molar-refractivity contribution in [3.63, 3.8) is 0 Å². The summed E-state index contributed by atoms with van der Waals surface area (Å²) in [6, 6.07) is 14.2. The number of benzene rings is 2. The SMILES string of the molecule is CC(C)n1c(=O)c(-c2ccc(N[C@]3([SH](=O)=O)C[C@H]3c3ccccc3)c(F)c2)nc2cnc(N[C@H]3CC[C@H](N(C)C)CC3)nc21. The smallest absolute Gasteiger partial charge is 0.278 e. The lowest BCUT2D eigenvalue weighted by molar-refractivity contribution is 0.221. The molecule has 0 spiro atoms. The monoisotopic (exact) mass is 619 g/mol. The van der Waals surface area contributed by atoms with Gasteiger partial charge in [-0.15, -0.1) is 0 Å². The van der Waals surface area contributed by atoms with Gasteiger partial charge in [0.05, 0.1) is 11.9 Å². The summed E-state index contributed by atoms with van der Waals surface area (Å²) >= 11 is 0. The quantitative estimate of drug-likeness (QED) is 0.228. The zero-order chi connectivity index (χ0) is 31.2. The number of aromatic nitrogens is 4. The zero-order valence-electron chi connectivity index (χ0n) is 25.3. The van der Waals surface area contributed by atoms with Crippen molar-refractivity contribution in [1.29, 1.82) is 0 Å². The van der Waals surface area contributed by atoms with Crippen LogP contribution < -0.4 is 16.2 Å². The molecule has 2 saturated carbocycles. The van der Waals surface area contributed by atoms with Crippen molar-refractivity contribution in [1.82, 2.24) is 24.4 Å². The maximum atomic E-state index is 15.5. The van der Waals surface area contributed by atoms with Gasteiger partial charge in [-0.25, -0.2) is 22.8 Å². The summed E-state index contributed by atoms with van der Waals surface area (Å²) in [4.78, 5) is 28.5. The van der Waals surface area contributed by atoms with Gasteiger partial charge in [0.15, 0.2) is 16.4 Å². The van der Waals surface area contributed by atoms with Gasteiger partial charge in [-0.3, -0.25) is 9.36 Å². The van der Waals surface area contributed by atoms with Crippen LogP contribution in [0.3, 0.4) is 0 Å². The number of hydrogen-bond donors (Lipinski definition) is 3. The summed E-state index contributed by atoms with van der Waals surface area (Å²) in [6.07, 6.45) is 6.14. The van der Waals surface area contributed by atoms with Gasteiger partial charge in [0, 0.05) is 29.6 Å². The van der Waals surface area contributed by atoms with Crippen molar-refractivity contribution in [2.75, 3.05) is 24.7 Å². The van der Waals surface area contributed by atoms with E-state index < -0.39 is 27.0 Å². The Morgan fingerprint density at radius 2 is 1.77 bits per heavy atom. The number of nitrogens with one attached hydrogen (secondary N) is 2. The van der Waals surface area contributed by atoms with Crippen LogP contribution in [0.4, 0.5) is 16.0 Å². The van der Waals surface area contributed by atoms with Crippen LogP contribution >= 0.6 is 0 Å². The third kappa shape index (κ3) is 5.68. The van der Waals surface area contributed by atoms with Gasteiger partial charge in [-0.05, 0) is 77.7 Å². The first-order chi connectivity index (χ1) is 21.1. The molecule has 10 nitrogen and oxygen atoms in total. The number of rotatable bonds is 9. The van der Waals surface area contributed by atoms with Crippen molar-refractivity contribution in [2.24, 2.45) is 0 Å². The van der Waals surface area contributed by atoms with Gasteiger partial charge in [-0.2, -0.15) is 4.98 Å². The molecule has 2 heterocycles. The molecule has 232 valence electrons. The molecule has 2 N–H and O–H groups in total. The fourth-order valence-electron chi connectivity index (χ4n) is 6.37. The van der Waals surface area contributed by atoms with E-state index in [1.54, 1.807) is 16.8 Å². The summed E-state index contributed by atoms with van der Waals surface area (Å²) < 4.78 is 41.7. The molecule has 6 rings (SSSR count). The van der Waals surface area contributed by atoms with E-state index in [4.69, 9.17) is 4.98 Å². The summed E-state index contributed by atoms with van der Waals surface area (Å²) in [5, 5.41) is 6.38. The predicted octanol–water partition coefficient (Wildman–Crippen LogP) is 4.77. The molecule has 2 aromatic carbocycles. The third-order valence-corrected chi connectivity index (χ3v) is 10.2. The Kier molecular flexibility index (Phi) is 8.14. The molecular formula is C32H38FN7O3S. The Labute approximate surface area is 257 Å². The normalized spacial score (nSPS) is 23.4. The van der Waals surface area contributed by atoms with Crippen molar-refractivity contribution in [2.45, 2.75) is 74.9 Å². The molecule has 44 heavy (non-hydrogen) atoms. The van der Waals surface area contributed by atoms with E-state index in [2.05, 4.69) is 39.6 Å². The summed E-state index contributed by atoms with van der Waals surface area (Å²) in [6.45, 7) is 3.77. The summed E-state index contributed by atoms with van der Waals surface area (Å²) in [5.41, 5.74) is 1.72. The number of fused-ring (bicyclic) bond motifs is 1. The van der Waals surface area contributed by atoms with Gasteiger partial charge < -0.3 is 15.5 Å². The maximum absolute atomic E-state index is 15.5. The average Bonchev–Trinajstić information content (AvgIpc) is 3.74. The minimum atomic E-state index is -2.90. The lowest BCUT2D eigenvalue weighted by atomic mass is 9.91. The molecular weight excluding hydrogens is 581 g/mol. The number of nitrogens with zero attached hydrogens (tertiary/aromatic N) is 5. The first kappa shape index (κ1) is 30.1. The van der Waals surface area contributed by atoms with Crippen LogP contribution in [0.15, 0.2) is 59.5 Å². The van der Waals surface area contributed by atoms with E-state index in [9.17, 15) is 13.2 Å². The minimum Gasteiger partial charge on any atom is -0.364 e. The molecule has 0 radical (unpaired) electrons. The Morgan fingerprint density at radius 1 is 1.05 bits per heavy atom. The molecule has 12 heteroatoms. The van der Waals surface area contributed by atoms with Gasteiger partial charge in [0.25, 0.3) is 5.56 Å². The second-order valence-electron chi connectivity index (χ2n) is 12.4. The molecule has 2 atom stereocenters. The first-order valence-corrected chi connectivity index (χ1v) is 16.2. The molecule has 2 fully saturated rings. The molecule has 2 aliphatic carbocycles. The highest BCUT2D eigenvalue weighted by Gasteiger charge is 2.59. The van der Waals surface area contributed by atoms with Crippen molar-refractivity contribution in [3.05, 3.63) is 76.5 Å². The van der Waals surface area contributed by atoms with Gasteiger partial charge in [-0.1, -0.05) is 36.4 Å². The number of hydrogen-bond acceptors (Lipinski definition) is 9. The highest BCUT2D eigenvalue weighted by Crippen LogP contribution is 2.54. The molecule has 4 aromatic rings. The Bertz CT molecular complexity index is 1810. The molecule has 0 unspecified atom stereocenters. The highest BCUT2D eigenvalue weighted by atomic mass is 32.2. The number of thiol groups is 1. The van der Waals surface area contributed by atoms with E-state index in [0.29, 0.717) is 29.6 Å². The standard InChI is InChI=1S/C32H38FN7O3S/c1-19(2)40-29-27(18-34-31(37-29)35-22-11-13-23(14-12-22)39(3)4)36-28(30(40)41)21-10-15-26(25(33)16-21)38-32(44(42)43)17-24(32)20-8-6-5-7-9-20/h5-10,15-16,18-19,22-24,38,44H,11-14,17H2,1-4H3,(H,34,35,37)/t22-,23-,24-,32-/m0/s1. The van der Waals surface area contributed by atoms with Crippen LogP contribution in [0, 0.1) is 5.82 Å². The molecule has 0 amide bonds. The zero-order valence-corrected chi connectivity index (χ0v) is 26.2. The predicted molar refractivity (Wildman–Crippen MR) is 171 cm³/mol. The van der Waals surface area contributed by atoms with E-state index in [0.717, 1.165) is 31.2 Å². The largest absolute Gasteiger partial charge is 0.364 e. The number of halogens is 1. The van der Waals surface area contributed by atoms with Crippen molar-refractivity contribution >= 4 is 33.5 Å². The van der Waals surface area contributed by atoms with Crippen LogP contribution in [-0.2, 0) is 10.7 Å². The van der Waals surface area contributed by atoms with E-state index in [-0.39, 0.29) is 34.9 Å². The topological polar surface area (TPSA) is 122 Å².